The van der Waals surface area contributed by atoms with Gasteiger partial charge in [0, 0.05) is 48.7 Å². The molecule has 0 saturated carbocycles. The Morgan fingerprint density at radius 3 is 1.54 bits per heavy atom. The van der Waals surface area contributed by atoms with Crippen molar-refractivity contribution in [3.63, 3.8) is 0 Å². The van der Waals surface area contributed by atoms with Gasteiger partial charge in [0.05, 0.1) is 21.4 Å². The first kappa shape index (κ1) is 35.2. The van der Waals surface area contributed by atoms with Crippen LogP contribution < -0.4 is 4.90 Å². The molecule has 0 aliphatic heterocycles. The van der Waals surface area contributed by atoms with Crippen LogP contribution >= 0.6 is 11.3 Å². The molecule has 2 heterocycles. The molecule has 0 radical (unpaired) electrons. The molecular weight excluding hydrogens is 757 g/mol. The lowest BCUT2D eigenvalue weighted by Crippen LogP contribution is -2.10. The zero-order valence-electron chi connectivity index (χ0n) is 33.2. The minimum absolute atomic E-state index is 1.09. The molecule has 61 heavy (non-hydrogen) atoms. The Kier molecular flexibility index (Phi) is 8.39. The van der Waals surface area contributed by atoms with Gasteiger partial charge in [0.2, 0.25) is 0 Å². The first-order chi connectivity index (χ1) is 30.3. The monoisotopic (exact) mass is 794 g/mol. The number of nitrogens with zero attached hydrogens (tertiary/aromatic N) is 2. The Hall–Kier alpha value is -7.72. The number of benzene rings is 10. The van der Waals surface area contributed by atoms with E-state index in [4.69, 9.17) is 0 Å². The number of rotatable bonds is 7. The second-order valence-electron chi connectivity index (χ2n) is 15.7. The first-order valence-electron chi connectivity index (χ1n) is 20.8. The third-order valence-corrected chi connectivity index (χ3v) is 13.4. The molecular formula is C58H38N2S. The minimum atomic E-state index is 1.09. The highest BCUT2D eigenvalue weighted by molar-refractivity contribution is 7.26. The molecule has 286 valence electrons. The molecule has 2 aromatic heterocycles. The largest absolute Gasteiger partial charge is 0.310 e. The summed E-state index contributed by atoms with van der Waals surface area (Å²) in [5.74, 6) is 0. The van der Waals surface area contributed by atoms with Crippen molar-refractivity contribution < 1.29 is 0 Å². The van der Waals surface area contributed by atoms with Gasteiger partial charge in [-0.15, -0.1) is 11.3 Å². The Morgan fingerprint density at radius 1 is 0.361 bits per heavy atom. The van der Waals surface area contributed by atoms with E-state index in [0.717, 1.165) is 22.6 Å². The Bertz CT molecular complexity index is 3470. The summed E-state index contributed by atoms with van der Waals surface area (Å²) in [4.78, 5) is 2.40. The smallest absolute Gasteiger partial charge is 0.0641 e. The van der Waals surface area contributed by atoms with Gasteiger partial charge in [-0.05, 0) is 93.4 Å². The topological polar surface area (TPSA) is 8.17 Å². The highest BCUT2D eigenvalue weighted by Crippen LogP contribution is 2.47. The molecule has 0 N–H and O–H groups in total. The average molecular weight is 795 g/mol. The second kappa shape index (κ2) is 14.5. The van der Waals surface area contributed by atoms with Gasteiger partial charge in [0.25, 0.3) is 0 Å². The Balaban J connectivity index is 1.16. The normalized spacial score (nSPS) is 11.6. The van der Waals surface area contributed by atoms with Crippen LogP contribution in [0.25, 0.3) is 91.8 Å². The molecule has 2 nitrogen and oxygen atoms in total. The molecule has 12 aromatic rings. The minimum Gasteiger partial charge on any atom is -0.310 e. The first-order valence-corrected chi connectivity index (χ1v) is 21.7. The summed E-state index contributed by atoms with van der Waals surface area (Å²) in [6, 6.07) is 84.1. The highest BCUT2D eigenvalue weighted by Gasteiger charge is 2.23. The predicted octanol–water partition coefficient (Wildman–Crippen LogP) is 16.8. The summed E-state index contributed by atoms with van der Waals surface area (Å²) in [5.41, 5.74) is 14.1. The fraction of sp³-hybridized carbons (Fsp3) is 0. The van der Waals surface area contributed by atoms with Crippen LogP contribution in [0.2, 0.25) is 0 Å². The van der Waals surface area contributed by atoms with Crippen molar-refractivity contribution in [1.29, 1.82) is 0 Å². The standard InChI is InChI=1S/C58H38N2S/c1-4-15-39(16-5-1)41-27-31-45(32-28-41)59(46-33-29-42(30-34-46)40-17-6-2-7-18-40)47-35-36-51-54(38-47)60(53-25-14-24-50-49-23-12-13-26-55(49)61-58(50)53)57-48-22-11-10-21-44(48)37-52(56(51)57)43-19-8-3-9-20-43/h1-38H. The summed E-state index contributed by atoms with van der Waals surface area (Å²) >= 11 is 1.88. The Labute approximate surface area is 358 Å². The Morgan fingerprint density at radius 2 is 0.885 bits per heavy atom. The molecule has 0 aliphatic rings. The second-order valence-corrected chi connectivity index (χ2v) is 16.7. The zero-order valence-corrected chi connectivity index (χ0v) is 34.1. The van der Waals surface area contributed by atoms with Crippen molar-refractivity contribution in [2.24, 2.45) is 0 Å². The quantitative estimate of drug-likeness (QED) is 0.156. The van der Waals surface area contributed by atoms with E-state index in [1.54, 1.807) is 0 Å². The van der Waals surface area contributed by atoms with Gasteiger partial charge in [0.15, 0.2) is 0 Å². The van der Waals surface area contributed by atoms with Crippen molar-refractivity contribution >= 4 is 81.1 Å². The van der Waals surface area contributed by atoms with Crippen LogP contribution in [0.5, 0.6) is 0 Å². The maximum atomic E-state index is 2.57. The van der Waals surface area contributed by atoms with Crippen LogP contribution in [0.4, 0.5) is 17.1 Å². The van der Waals surface area contributed by atoms with Gasteiger partial charge in [-0.2, -0.15) is 0 Å². The predicted molar refractivity (Wildman–Crippen MR) is 262 cm³/mol. The maximum Gasteiger partial charge on any atom is 0.0641 e. The molecule has 0 spiro atoms. The lowest BCUT2D eigenvalue weighted by atomic mass is 9.95. The number of aromatic nitrogens is 1. The van der Waals surface area contributed by atoms with Gasteiger partial charge >= 0.3 is 0 Å². The van der Waals surface area contributed by atoms with Crippen LogP contribution in [0.1, 0.15) is 0 Å². The van der Waals surface area contributed by atoms with Gasteiger partial charge in [-0.1, -0.05) is 176 Å². The van der Waals surface area contributed by atoms with Crippen molar-refractivity contribution in [2.45, 2.75) is 0 Å². The number of hydrogen-bond donors (Lipinski definition) is 0. The van der Waals surface area contributed by atoms with Crippen molar-refractivity contribution in [2.75, 3.05) is 4.90 Å². The molecule has 0 amide bonds. The third kappa shape index (κ3) is 5.93. The molecule has 0 fully saturated rings. The molecule has 0 saturated heterocycles. The molecule has 12 rings (SSSR count). The summed E-state index contributed by atoms with van der Waals surface area (Å²) < 4.78 is 5.15. The molecule has 10 aromatic carbocycles. The van der Waals surface area contributed by atoms with E-state index < -0.39 is 0 Å². The number of anilines is 3. The van der Waals surface area contributed by atoms with Gasteiger partial charge in [-0.25, -0.2) is 0 Å². The SMILES string of the molecule is c1ccc(-c2ccc(N(c3ccc(-c4ccccc4)cc3)c3ccc4c5c(-c6ccccc6)cc6ccccc6c5n(-c5cccc6c5sc5ccccc56)c4c3)cc2)cc1. The highest BCUT2D eigenvalue weighted by atomic mass is 32.1. The number of thiophene rings is 1. The van der Waals surface area contributed by atoms with Crippen LogP contribution in [0, 0.1) is 0 Å². The fourth-order valence-electron chi connectivity index (χ4n) is 9.33. The van der Waals surface area contributed by atoms with E-state index in [-0.39, 0.29) is 0 Å². The molecule has 3 heteroatoms. The van der Waals surface area contributed by atoms with Gasteiger partial charge < -0.3 is 9.47 Å². The average Bonchev–Trinajstić information content (AvgIpc) is 3.89. The summed E-state index contributed by atoms with van der Waals surface area (Å²) in [6.07, 6.45) is 0. The molecule has 0 atom stereocenters. The van der Waals surface area contributed by atoms with Crippen molar-refractivity contribution in [1.82, 2.24) is 4.57 Å². The summed E-state index contributed by atoms with van der Waals surface area (Å²) in [6.45, 7) is 0. The summed E-state index contributed by atoms with van der Waals surface area (Å²) in [5, 5.41) is 7.52. The molecule has 0 aliphatic carbocycles. The van der Waals surface area contributed by atoms with Crippen LogP contribution in [-0.4, -0.2) is 4.57 Å². The summed E-state index contributed by atoms with van der Waals surface area (Å²) in [7, 11) is 0. The van der Waals surface area contributed by atoms with Crippen LogP contribution in [0.3, 0.4) is 0 Å². The molecule has 0 unspecified atom stereocenters. The van der Waals surface area contributed by atoms with E-state index >= 15 is 0 Å². The van der Waals surface area contributed by atoms with E-state index in [2.05, 4.69) is 240 Å². The van der Waals surface area contributed by atoms with E-state index in [9.17, 15) is 0 Å². The van der Waals surface area contributed by atoms with Crippen LogP contribution in [-0.2, 0) is 0 Å². The van der Waals surface area contributed by atoms with Crippen molar-refractivity contribution in [3.8, 4) is 39.1 Å². The zero-order chi connectivity index (χ0) is 40.3. The van der Waals surface area contributed by atoms with E-state index in [1.807, 2.05) is 11.3 Å². The fourth-order valence-corrected chi connectivity index (χ4v) is 10.5. The lowest BCUT2D eigenvalue weighted by molar-refractivity contribution is 1.20. The number of fused-ring (bicyclic) bond motifs is 8. The molecule has 0 bridgehead atoms. The maximum absolute atomic E-state index is 2.57. The van der Waals surface area contributed by atoms with E-state index in [0.29, 0.717) is 0 Å². The van der Waals surface area contributed by atoms with Crippen LogP contribution in [0.15, 0.2) is 231 Å². The van der Waals surface area contributed by atoms with Gasteiger partial charge in [-0.3, -0.25) is 0 Å². The third-order valence-electron chi connectivity index (χ3n) is 12.2. The van der Waals surface area contributed by atoms with Crippen molar-refractivity contribution in [3.05, 3.63) is 231 Å². The van der Waals surface area contributed by atoms with E-state index in [1.165, 1.54) is 86.3 Å². The number of hydrogen-bond acceptors (Lipinski definition) is 2. The van der Waals surface area contributed by atoms with Gasteiger partial charge in [0.1, 0.15) is 0 Å². The lowest BCUT2D eigenvalue weighted by Gasteiger charge is -2.26.